The lowest BCUT2D eigenvalue weighted by atomic mass is 10.0. The van der Waals surface area contributed by atoms with E-state index in [-0.39, 0.29) is 24.5 Å². The van der Waals surface area contributed by atoms with E-state index >= 15 is 0 Å². The number of ketones is 1. The van der Waals surface area contributed by atoms with Crippen molar-refractivity contribution in [3.8, 4) is 0 Å². The van der Waals surface area contributed by atoms with E-state index < -0.39 is 11.9 Å². The predicted octanol–water partition coefficient (Wildman–Crippen LogP) is 1.79. The lowest BCUT2D eigenvalue weighted by molar-refractivity contribution is -0.120. The Kier molecular flexibility index (Phi) is 4.88. The van der Waals surface area contributed by atoms with Gasteiger partial charge in [0.05, 0.1) is 0 Å². The average Bonchev–Trinajstić information content (AvgIpc) is 2.50. The summed E-state index contributed by atoms with van der Waals surface area (Å²) in [6.45, 7) is 1.44. The van der Waals surface area contributed by atoms with Crippen molar-refractivity contribution in [2.75, 3.05) is 0 Å². The molecule has 1 atom stereocenters. The monoisotopic (exact) mass is 298 g/mol. The molecule has 5 heteroatoms. The first-order valence-electron chi connectivity index (χ1n) is 7.06. The van der Waals surface area contributed by atoms with Crippen LogP contribution in [0.2, 0.25) is 0 Å². The van der Waals surface area contributed by atoms with E-state index in [1.165, 1.54) is 6.92 Å². The Morgan fingerprint density at radius 3 is 2.45 bits per heavy atom. The SMILES string of the molecule is CC(=O)CC[C@H](NC(=O)c1cccc2ccccc12)C(N)=O. The maximum atomic E-state index is 12.4. The third-order valence-electron chi connectivity index (χ3n) is 3.47. The number of carbonyl (C=O) groups excluding carboxylic acids is 3. The molecule has 3 N–H and O–H groups in total. The van der Waals surface area contributed by atoms with Crippen molar-refractivity contribution in [3.63, 3.8) is 0 Å². The van der Waals surface area contributed by atoms with E-state index in [2.05, 4.69) is 5.32 Å². The van der Waals surface area contributed by atoms with Crippen LogP contribution in [0.25, 0.3) is 10.8 Å². The van der Waals surface area contributed by atoms with Crippen LogP contribution in [0, 0.1) is 0 Å². The van der Waals surface area contributed by atoms with Crippen molar-refractivity contribution in [1.29, 1.82) is 0 Å². The number of rotatable bonds is 6. The number of nitrogens with one attached hydrogen (secondary N) is 1. The molecule has 0 aromatic heterocycles. The Bertz CT molecular complexity index is 719. The molecule has 22 heavy (non-hydrogen) atoms. The molecule has 2 rings (SSSR count). The summed E-state index contributed by atoms with van der Waals surface area (Å²) in [5, 5.41) is 4.36. The fraction of sp³-hybridized carbons (Fsp3) is 0.235. The minimum Gasteiger partial charge on any atom is -0.368 e. The van der Waals surface area contributed by atoms with Crippen molar-refractivity contribution in [1.82, 2.24) is 5.32 Å². The normalized spacial score (nSPS) is 11.9. The molecular formula is C17H18N2O3. The van der Waals surface area contributed by atoms with E-state index in [1.807, 2.05) is 30.3 Å². The Morgan fingerprint density at radius 1 is 1.09 bits per heavy atom. The number of Topliss-reactive ketones (excluding diaryl/α,β-unsaturated/α-hetero) is 1. The molecule has 2 aromatic carbocycles. The van der Waals surface area contributed by atoms with Crippen LogP contribution in [0.1, 0.15) is 30.1 Å². The molecule has 0 aliphatic rings. The van der Waals surface area contributed by atoms with Gasteiger partial charge in [-0.05, 0) is 30.2 Å². The number of fused-ring (bicyclic) bond motifs is 1. The first-order valence-corrected chi connectivity index (χ1v) is 7.06. The molecule has 0 saturated carbocycles. The van der Waals surface area contributed by atoms with Crippen molar-refractivity contribution >= 4 is 28.4 Å². The van der Waals surface area contributed by atoms with Gasteiger partial charge in [-0.3, -0.25) is 9.59 Å². The van der Waals surface area contributed by atoms with E-state index in [9.17, 15) is 14.4 Å². The highest BCUT2D eigenvalue weighted by molar-refractivity contribution is 6.08. The summed E-state index contributed by atoms with van der Waals surface area (Å²) in [6.07, 6.45) is 0.407. The third kappa shape index (κ3) is 3.69. The van der Waals surface area contributed by atoms with Crippen molar-refractivity contribution in [3.05, 3.63) is 48.0 Å². The lowest BCUT2D eigenvalue weighted by Gasteiger charge is -2.15. The molecule has 114 valence electrons. The van der Waals surface area contributed by atoms with Crippen LogP contribution in [0.3, 0.4) is 0 Å². The second kappa shape index (κ2) is 6.85. The molecule has 0 spiro atoms. The lowest BCUT2D eigenvalue weighted by Crippen LogP contribution is -2.44. The molecule has 2 aromatic rings. The van der Waals surface area contributed by atoms with E-state index in [0.717, 1.165) is 10.8 Å². The predicted molar refractivity (Wildman–Crippen MR) is 84.3 cm³/mol. The molecule has 0 aliphatic carbocycles. The minimum absolute atomic E-state index is 0.0503. The summed E-state index contributed by atoms with van der Waals surface area (Å²) in [5.41, 5.74) is 5.78. The fourth-order valence-electron chi connectivity index (χ4n) is 2.29. The first kappa shape index (κ1) is 15.7. The van der Waals surface area contributed by atoms with Gasteiger partial charge in [-0.15, -0.1) is 0 Å². The zero-order chi connectivity index (χ0) is 16.1. The molecule has 2 amide bonds. The van der Waals surface area contributed by atoms with Crippen molar-refractivity contribution in [2.45, 2.75) is 25.8 Å². The number of carbonyl (C=O) groups is 3. The van der Waals surface area contributed by atoms with Crippen LogP contribution >= 0.6 is 0 Å². The largest absolute Gasteiger partial charge is 0.368 e. The number of amides is 2. The maximum Gasteiger partial charge on any atom is 0.252 e. The molecule has 5 nitrogen and oxygen atoms in total. The van der Waals surface area contributed by atoms with Crippen LogP contribution in [0.5, 0.6) is 0 Å². The van der Waals surface area contributed by atoms with E-state index in [1.54, 1.807) is 12.1 Å². The molecule has 0 heterocycles. The summed E-state index contributed by atoms with van der Waals surface area (Å²) in [4.78, 5) is 34.9. The van der Waals surface area contributed by atoms with Crippen molar-refractivity contribution < 1.29 is 14.4 Å². The minimum atomic E-state index is -0.852. The zero-order valence-electron chi connectivity index (χ0n) is 12.3. The van der Waals surface area contributed by atoms with Gasteiger partial charge < -0.3 is 15.8 Å². The highest BCUT2D eigenvalue weighted by atomic mass is 16.2. The molecular weight excluding hydrogens is 280 g/mol. The molecule has 0 unspecified atom stereocenters. The summed E-state index contributed by atoms with van der Waals surface area (Å²) in [5.74, 6) is -1.07. The quantitative estimate of drug-likeness (QED) is 0.852. The van der Waals surface area contributed by atoms with Gasteiger partial charge in [0, 0.05) is 12.0 Å². The molecule has 0 bridgehead atoms. The van der Waals surface area contributed by atoms with Crippen LogP contribution in [-0.4, -0.2) is 23.6 Å². The highest BCUT2D eigenvalue weighted by Gasteiger charge is 2.20. The van der Waals surface area contributed by atoms with Gasteiger partial charge in [-0.2, -0.15) is 0 Å². The Hall–Kier alpha value is -2.69. The average molecular weight is 298 g/mol. The number of benzene rings is 2. The Morgan fingerprint density at radius 2 is 1.77 bits per heavy atom. The Labute approximate surface area is 128 Å². The van der Waals surface area contributed by atoms with Crippen LogP contribution in [-0.2, 0) is 9.59 Å². The van der Waals surface area contributed by atoms with Gasteiger partial charge in [-0.1, -0.05) is 36.4 Å². The standard InChI is InChI=1S/C17H18N2O3/c1-11(20)9-10-15(16(18)21)19-17(22)14-8-4-6-12-5-2-3-7-13(12)14/h2-8,15H,9-10H2,1H3,(H2,18,21)(H,19,22)/t15-/m0/s1. The summed E-state index contributed by atoms with van der Waals surface area (Å²) >= 11 is 0. The highest BCUT2D eigenvalue weighted by Crippen LogP contribution is 2.18. The van der Waals surface area contributed by atoms with Crippen LogP contribution in [0.15, 0.2) is 42.5 Å². The van der Waals surface area contributed by atoms with Gasteiger partial charge in [0.15, 0.2) is 0 Å². The van der Waals surface area contributed by atoms with Gasteiger partial charge in [0.1, 0.15) is 11.8 Å². The van der Waals surface area contributed by atoms with E-state index in [0.29, 0.717) is 5.56 Å². The zero-order valence-corrected chi connectivity index (χ0v) is 12.3. The molecule has 0 fully saturated rings. The van der Waals surface area contributed by atoms with Gasteiger partial charge in [0.2, 0.25) is 5.91 Å². The van der Waals surface area contributed by atoms with Crippen LogP contribution in [0.4, 0.5) is 0 Å². The summed E-state index contributed by atoms with van der Waals surface area (Å²) in [6, 6.07) is 12.0. The van der Waals surface area contributed by atoms with Gasteiger partial charge in [-0.25, -0.2) is 0 Å². The number of hydrogen-bond acceptors (Lipinski definition) is 3. The number of hydrogen-bond donors (Lipinski definition) is 2. The molecule has 0 saturated heterocycles. The van der Waals surface area contributed by atoms with Crippen molar-refractivity contribution in [2.24, 2.45) is 5.73 Å². The molecule has 0 radical (unpaired) electrons. The van der Waals surface area contributed by atoms with E-state index in [4.69, 9.17) is 5.73 Å². The third-order valence-corrected chi connectivity index (χ3v) is 3.47. The first-order chi connectivity index (χ1) is 10.5. The summed E-state index contributed by atoms with van der Waals surface area (Å²) in [7, 11) is 0. The second-order valence-electron chi connectivity index (χ2n) is 5.20. The number of nitrogens with two attached hydrogens (primary N) is 1. The fourth-order valence-corrected chi connectivity index (χ4v) is 2.29. The van der Waals surface area contributed by atoms with Gasteiger partial charge >= 0.3 is 0 Å². The maximum absolute atomic E-state index is 12.4. The van der Waals surface area contributed by atoms with Crippen LogP contribution < -0.4 is 11.1 Å². The second-order valence-corrected chi connectivity index (χ2v) is 5.20. The molecule has 0 aliphatic heterocycles. The smallest absolute Gasteiger partial charge is 0.252 e. The van der Waals surface area contributed by atoms with Gasteiger partial charge in [0.25, 0.3) is 5.91 Å². The summed E-state index contributed by atoms with van der Waals surface area (Å²) < 4.78 is 0. The number of primary amides is 1. The topological polar surface area (TPSA) is 89.3 Å². The Balaban J connectivity index is 2.22.